The second-order valence-electron chi connectivity index (χ2n) is 7.14. The monoisotopic (exact) mass is 457 g/mol. The summed E-state index contributed by atoms with van der Waals surface area (Å²) in [6, 6.07) is 22.0. The SMILES string of the molecule is COCCOc1ncccc1C(=O)NNC(=O)c1cn(-c2ccccc2)nc1-c1ccccc1. The molecule has 4 aromatic rings. The quantitative estimate of drug-likeness (QED) is 0.311. The van der Waals surface area contributed by atoms with Crippen LogP contribution in [-0.4, -0.2) is 46.9 Å². The first-order valence-electron chi connectivity index (χ1n) is 10.6. The molecule has 0 saturated heterocycles. The standard InChI is InChI=1S/C25H23N5O4/c1-33-15-16-34-25-20(13-8-14-26-25)23(31)27-28-24(32)21-17-30(19-11-6-3-7-12-19)29-22(21)18-9-4-2-5-10-18/h2-14,17H,15-16H2,1H3,(H,27,31)(H,28,32). The van der Waals surface area contributed by atoms with Gasteiger partial charge in [0, 0.05) is 25.1 Å². The molecular weight excluding hydrogens is 434 g/mol. The number of nitrogens with zero attached hydrogens (tertiary/aromatic N) is 3. The van der Waals surface area contributed by atoms with Crippen molar-refractivity contribution in [1.29, 1.82) is 0 Å². The summed E-state index contributed by atoms with van der Waals surface area (Å²) in [4.78, 5) is 29.9. The van der Waals surface area contributed by atoms with Crippen molar-refractivity contribution in [3.05, 3.63) is 96.3 Å². The molecule has 0 saturated carbocycles. The number of hydrogen-bond acceptors (Lipinski definition) is 6. The molecule has 0 spiro atoms. The number of hydrazine groups is 1. The van der Waals surface area contributed by atoms with Gasteiger partial charge >= 0.3 is 0 Å². The molecule has 2 aromatic carbocycles. The van der Waals surface area contributed by atoms with Crippen LogP contribution < -0.4 is 15.6 Å². The number of nitrogens with one attached hydrogen (secondary N) is 2. The van der Waals surface area contributed by atoms with E-state index < -0.39 is 11.8 Å². The molecule has 4 rings (SSSR count). The molecule has 0 bridgehead atoms. The number of benzene rings is 2. The van der Waals surface area contributed by atoms with E-state index in [1.165, 1.54) is 6.20 Å². The van der Waals surface area contributed by atoms with Crippen molar-refractivity contribution in [3.8, 4) is 22.8 Å². The van der Waals surface area contributed by atoms with Gasteiger partial charge in [0.05, 0.1) is 17.9 Å². The Balaban J connectivity index is 1.54. The number of aromatic nitrogens is 3. The predicted molar refractivity (Wildman–Crippen MR) is 126 cm³/mol. The number of ether oxygens (including phenoxy) is 2. The maximum atomic E-state index is 13.1. The van der Waals surface area contributed by atoms with Crippen molar-refractivity contribution in [2.45, 2.75) is 0 Å². The Labute approximate surface area is 196 Å². The minimum atomic E-state index is -0.564. The molecule has 0 radical (unpaired) electrons. The number of amides is 2. The van der Waals surface area contributed by atoms with Crippen LogP contribution in [0.2, 0.25) is 0 Å². The Morgan fingerprint density at radius 2 is 1.53 bits per heavy atom. The summed E-state index contributed by atoms with van der Waals surface area (Å²) in [6.45, 7) is 0.585. The van der Waals surface area contributed by atoms with Gasteiger partial charge in [0.15, 0.2) is 0 Å². The van der Waals surface area contributed by atoms with Gasteiger partial charge < -0.3 is 9.47 Å². The molecule has 0 unspecified atom stereocenters. The predicted octanol–water partition coefficient (Wildman–Crippen LogP) is 3.03. The van der Waals surface area contributed by atoms with Gasteiger partial charge in [-0.15, -0.1) is 0 Å². The van der Waals surface area contributed by atoms with Gasteiger partial charge in [-0.2, -0.15) is 5.10 Å². The first kappa shape index (κ1) is 22.7. The highest BCUT2D eigenvalue weighted by molar-refractivity contribution is 6.02. The third-order valence-corrected chi connectivity index (χ3v) is 4.86. The molecule has 2 N–H and O–H groups in total. The Bertz CT molecular complexity index is 1260. The lowest BCUT2D eigenvalue weighted by molar-refractivity contribution is 0.0842. The molecule has 0 aliphatic rings. The van der Waals surface area contributed by atoms with E-state index in [1.54, 1.807) is 30.1 Å². The van der Waals surface area contributed by atoms with Crippen molar-refractivity contribution < 1.29 is 19.1 Å². The van der Waals surface area contributed by atoms with E-state index in [2.05, 4.69) is 20.9 Å². The van der Waals surface area contributed by atoms with E-state index in [4.69, 9.17) is 9.47 Å². The van der Waals surface area contributed by atoms with Gasteiger partial charge in [-0.3, -0.25) is 20.4 Å². The first-order chi connectivity index (χ1) is 16.7. The minimum absolute atomic E-state index is 0.146. The van der Waals surface area contributed by atoms with Crippen LogP contribution in [0, 0.1) is 0 Å². The van der Waals surface area contributed by atoms with Crippen LogP contribution in [0.3, 0.4) is 0 Å². The fourth-order valence-electron chi connectivity index (χ4n) is 3.21. The third-order valence-electron chi connectivity index (χ3n) is 4.86. The third kappa shape index (κ3) is 5.28. The molecule has 0 fully saturated rings. The van der Waals surface area contributed by atoms with Gasteiger partial charge in [-0.05, 0) is 24.3 Å². The number of rotatable bonds is 8. The summed E-state index contributed by atoms with van der Waals surface area (Å²) in [5.41, 5.74) is 7.44. The number of carbonyl (C=O) groups is 2. The summed E-state index contributed by atoms with van der Waals surface area (Å²) in [5, 5.41) is 4.61. The molecule has 2 aromatic heterocycles. The van der Waals surface area contributed by atoms with Gasteiger partial charge in [0.1, 0.15) is 17.9 Å². The molecule has 34 heavy (non-hydrogen) atoms. The van der Waals surface area contributed by atoms with Crippen LogP contribution in [0.15, 0.2) is 85.2 Å². The van der Waals surface area contributed by atoms with Crippen molar-refractivity contribution in [2.75, 3.05) is 20.3 Å². The van der Waals surface area contributed by atoms with Crippen molar-refractivity contribution in [3.63, 3.8) is 0 Å². The highest BCUT2D eigenvalue weighted by atomic mass is 16.5. The number of carbonyl (C=O) groups excluding carboxylic acids is 2. The number of methoxy groups -OCH3 is 1. The van der Waals surface area contributed by atoms with E-state index in [1.807, 2.05) is 60.7 Å². The van der Waals surface area contributed by atoms with Gasteiger partial charge in [-0.25, -0.2) is 9.67 Å². The Kier molecular flexibility index (Phi) is 7.26. The lowest BCUT2D eigenvalue weighted by Gasteiger charge is -2.11. The molecule has 0 aliphatic carbocycles. The summed E-state index contributed by atoms with van der Waals surface area (Å²) in [5.74, 6) is -0.932. The lowest BCUT2D eigenvalue weighted by atomic mass is 10.1. The Hall–Kier alpha value is -4.50. The smallest absolute Gasteiger partial charge is 0.275 e. The second kappa shape index (κ2) is 10.9. The van der Waals surface area contributed by atoms with Crippen LogP contribution in [-0.2, 0) is 4.74 Å². The van der Waals surface area contributed by atoms with E-state index in [-0.39, 0.29) is 18.1 Å². The summed E-state index contributed by atoms with van der Waals surface area (Å²) in [7, 11) is 1.55. The molecular formula is C25H23N5O4. The van der Waals surface area contributed by atoms with Crippen molar-refractivity contribution in [1.82, 2.24) is 25.6 Å². The molecule has 9 nitrogen and oxygen atoms in total. The molecule has 9 heteroatoms. The van der Waals surface area contributed by atoms with Gasteiger partial charge in [0.2, 0.25) is 5.88 Å². The second-order valence-corrected chi connectivity index (χ2v) is 7.14. The zero-order valence-electron chi connectivity index (χ0n) is 18.5. The first-order valence-corrected chi connectivity index (χ1v) is 10.6. The highest BCUT2D eigenvalue weighted by Gasteiger charge is 2.20. The molecule has 0 atom stereocenters. The maximum absolute atomic E-state index is 13.1. The topological polar surface area (TPSA) is 107 Å². The molecule has 2 heterocycles. The van der Waals surface area contributed by atoms with Gasteiger partial charge in [-0.1, -0.05) is 48.5 Å². The van der Waals surface area contributed by atoms with Crippen LogP contribution in [0.4, 0.5) is 0 Å². The number of hydrogen-bond donors (Lipinski definition) is 2. The largest absolute Gasteiger partial charge is 0.475 e. The van der Waals surface area contributed by atoms with E-state index in [0.29, 0.717) is 17.9 Å². The fraction of sp³-hybridized carbons (Fsp3) is 0.120. The van der Waals surface area contributed by atoms with E-state index >= 15 is 0 Å². The van der Waals surface area contributed by atoms with Crippen molar-refractivity contribution >= 4 is 11.8 Å². The zero-order valence-corrected chi connectivity index (χ0v) is 18.5. The molecule has 2 amide bonds. The summed E-state index contributed by atoms with van der Waals surface area (Å²) in [6.07, 6.45) is 3.14. The maximum Gasteiger partial charge on any atom is 0.275 e. The Morgan fingerprint density at radius 3 is 2.24 bits per heavy atom. The van der Waals surface area contributed by atoms with Crippen LogP contribution in [0.5, 0.6) is 5.88 Å². The average Bonchev–Trinajstić information content (AvgIpc) is 3.34. The normalized spacial score (nSPS) is 10.5. The lowest BCUT2D eigenvalue weighted by Crippen LogP contribution is -2.41. The Morgan fingerprint density at radius 1 is 0.853 bits per heavy atom. The van der Waals surface area contributed by atoms with Crippen LogP contribution >= 0.6 is 0 Å². The fourth-order valence-corrected chi connectivity index (χ4v) is 3.21. The number of para-hydroxylation sites is 1. The van der Waals surface area contributed by atoms with Crippen molar-refractivity contribution in [2.24, 2.45) is 0 Å². The van der Waals surface area contributed by atoms with Crippen LogP contribution in [0.1, 0.15) is 20.7 Å². The summed E-state index contributed by atoms with van der Waals surface area (Å²) < 4.78 is 12.1. The molecule has 172 valence electrons. The minimum Gasteiger partial charge on any atom is -0.475 e. The summed E-state index contributed by atoms with van der Waals surface area (Å²) >= 11 is 0. The van der Waals surface area contributed by atoms with Crippen LogP contribution in [0.25, 0.3) is 16.9 Å². The number of pyridine rings is 1. The highest BCUT2D eigenvalue weighted by Crippen LogP contribution is 2.23. The molecule has 0 aliphatic heterocycles. The van der Waals surface area contributed by atoms with Gasteiger partial charge in [0.25, 0.3) is 11.8 Å². The van der Waals surface area contributed by atoms with E-state index in [0.717, 1.165) is 11.3 Å². The zero-order chi connectivity index (χ0) is 23.8. The van der Waals surface area contributed by atoms with E-state index in [9.17, 15) is 9.59 Å². The average molecular weight is 457 g/mol.